The van der Waals surface area contributed by atoms with Gasteiger partial charge in [0.1, 0.15) is 5.65 Å². The zero-order valence-electron chi connectivity index (χ0n) is 10.7. The molecular weight excluding hydrogens is 290 g/mol. The summed E-state index contributed by atoms with van der Waals surface area (Å²) in [6.07, 6.45) is 1.60. The van der Waals surface area contributed by atoms with Crippen molar-refractivity contribution in [2.24, 2.45) is 0 Å². The van der Waals surface area contributed by atoms with Crippen LogP contribution in [0.1, 0.15) is 0 Å². The highest BCUT2D eigenvalue weighted by molar-refractivity contribution is 7.80. The van der Waals surface area contributed by atoms with E-state index in [-0.39, 0.29) is 5.56 Å². The molecule has 3 rings (SSSR count). The van der Waals surface area contributed by atoms with E-state index < -0.39 is 11.3 Å². The summed E-state index contributed by atoms with van der Waals surface area (Å²) in [6.45, 7) is 0. The third-order valence-electron chi connectivity index (χ3n) is 3.01. The first-order chi connectivity index (χ1) is 10.1. The number of benzene rings is 1. The minimum absolute atomic E-state index is 0.218. The predicted molar refractivity (Wildman–Crippen MR) is 80.3 cm³/mol. The van der Waals surface area contributed by atoms with Crippen LogP contribution in [0.15, 0.2) is 53.5 Å². The summed E-state index contributed by atoms with van der Waals surface area (Å²) in [7, 11) is 0. The minimum atomic E-state index is -2.37. The van der Waals surface area contributed by atoms with Gasteiger partial charge in [0.25, 0.3) is 0 Å². The van der Waals surface area contributed by atoms with Crippen molar-refractivity contribution in [2.45, 2.75) is 0 Å². The lowest BCUT2D eigenvalue weighted by Gasteiger charge is -2.11. The number of nitrogens with one attached hydrogen (secondary N) is 2. The Morgan fingerprint density at radius 3 is 2.86 bits per heavy atom. The number of hydrogen-bond acceptors (Lipinski definition) is 4. The molecule has 0 saturated carbocycles. The van der Waals surface area contributed by atoms with Crippen LogP contribution in [0.2, 0.25) is 0 Å². The van der Waals surface area contributed by atoms with E-state index in [2.05, 4.69) is 14.7 Å². The van der Waals surface area contributed by atoms with Gasteiger partial charge in [0.05, 0.1) is 0 Å². The summed E-state index contributed by atoms with van der Waals surface area (Å²) in [5.74, 6) is 0. The number of pyridine rings is 2. The Balaban J connectivity index is 2.16. The molecule has 6 nitrogen and oxygen atoms in total. The quantitative estimate of drug-likeness (QED) is 0.720. The standard InChI is InChI=1S/C14H11N3O3S/c18-13-5-4-12-11(6-7-15-14(12)16-13)9-2-1-3-10(8-9)17-21(19)20/h1-8,17H,(H,19,20)(H,15,16,18)/p-1. The molecule has 0 amide bonds. The fourth-order valence-corrected chi connectivity index (χ4v) is 2.48. The fraction of sp³-hybridized carbons (Fsp3) is 0. The van der Waals surface area contributed by atoms with E-state index in [1.807, 2.05) is 12.1 Å². The maximum Gasteiger partial charge on any atom is 0.249 e. The van der Waals surface area contributed by atoms with Crippen LogP contribution in [0.5, 0.6) is 0 Å². The second-order valence-electron chi connectivity index (χ2n) is 4.36. The highest BCUT2D eigenvalue weighted by Gasteiger charge is 2.06. The molecule has 0 spiro atoms. The Labute approximate surface area is 122 Å². The Bertz CT molecular complexity index is 892. The zero-order chi connectivity index (χ0) is 14.8. The number of aromatic amines is 1. The van der Waals surface area contributed by atoms with Crippen molar-refractivity contribution in [3.63, 3.8) is 0 Å². The van der Waals surface area contributed by atoms with Crippen molar-refractivity contribution in [1.82, 2.24) is 9.97 Å². The zero-order valence-corrected chi connectivity index (χ0v) is 11.5. The minimum Gasteiger partial charge on any atom is -0.755 e. The average Bonchev–Trinajstić information content (AvgIpc) is 2.46. The van der Waals surface area contributed by atoms with Crippen LogP contribution >= 0.6 is 0 Å². The molecule has 1 atom stereocenters. The van der Waals surface area contributed by atoms with E-state index in [1.165, 1.54) is 6.07 Å². The largest absolute Gasteiger partial charge is 0.755 e. The summed E-state index contributed by atoms with van der Waals surface area (Å²) < 4.78 is 23.7. The van der Waals surface area contributed by atoms with Gasteiger partial charge in [-0.3, -0.25) is 9.00 Å². The first-order valence-electron chi connectivity index (χ1n) is 6.08. The van der Waals surface area contributed by atoms with E-state index in [1.54, 1.807) is 30.5 Å². The lowest BCUT2D eigenvalue weighted by molar-refractivity contribution is 0.542. The van der Waals surface area contributed by atoms with Gasteiger partial charge in [-0.25, -0.2) is 4.98 Å². The summed E-state index contributed by atoms with van der Waals surface area (Å²) in [6, 6.07) is 11.9. The summed E-state index contributed by atoms with van der Waals surface area (Å²) >= 11 is -2.37. The molecule has 2 aromatic heterocycles. The molecule has 1 aromatic carbocycles. The molecule has 0 bridgehead atoms. The molecule has 2 N–H and O–H groups in total. The molecular formula is C14H10N3O3S-. The van der Waals surface area contributed by atoms with Crippen LogP contribution in [-0.2, 0) is 11.3 Å². The van der Waals surface area contributed by atoms with Crippen LogP contribution < -0.4 is 10.3 Å². The van der Waals surface area contributed by atoms with E-state index in [0.717, 1.165) is 16.5 Å². The first-order valence-corrected chi connectivity index (χ1v) is 7.15. The molecule has 0 saturated heterocycles. The Morgan fingerprint density at radius 1 is 1.19 bits per heavy atom. The summed E-state index contributed by atoms with van der Waals surface area (Å²) in [5, 5.41) is 0.789. The van der Waals surface area contributed by atoms with Crippen molar-refractivity contribution in [3.05, 3.63) is 59.0 Å². The fourth-order valence-electron chi connectivity index (χ4n) is 2.16. The molecule has 7 heteroatoms. The summed E-state index contributed by atoms with van der Waals surface area (Å²) in [5.41, 5.74) is 2.42. The maximum atomic E-state index is 11.3. The van der Waals surface area contributed by atoms with Gasteiger partial charge >= 0.3 is 0 Å². The van der Waals surface area contributed by atoms with Gasteiger partial charge in [-0.05, 0) is 35.4 Å². The molecule has 0 aliphatic rings. The Kier molecular flexibility index (Phi) is 3.51. The Morgan fingerprint density at radius 2 is 2.05 bits per heavy atom. The van der Waals surface area contributed by atoms with Gasteiger partial charge in [-0.2, -0.15) is 0 Å². The van der Waals surface area contributed by atoms with Gasteiger partial charge < -0.3 is 14.3 Å². The van der Waals surface area contributed by atoms with E-state index in [4.69, 9.17) is 0 Å². The highest BCUT2D eigenvalue weighted by atomic mass is 32.2. The third kappa shape index (κ3) is 2.83. The number of hydrogen-bond donors (Lipinski definition) is 2. The van der Waals surface area contributed by atoms with E-state index >= 15 is 0 Å². The van der Waals surface area contributed by atoms with Crippen molar-refractivity contribution in [1.29, 1.82) is 0 Å². The molecule has 106 valence electrons. The second kappa shape index (κ2) is 5.47. The third-order valence-corrected chi connectivity index (χ3v) is 3.41. The monoisotopic (exact) mass is 300 g/mol. The lowest BCUT2D eigenvalue weighted by Crippen LogP contribution is -2.04. The molecule has 0 radical (unpaired) electrons. The molecule has 3 aromatic rings. The van der Waals surface area contributed by atoms with Gasteiger partial charge in [0, 0.05) is 34.6 Å². The SMILES string of the molecule is O=c1ccc2c(-c3cccc(NS(=O)[O-])c3)ccnc2[nH]1. The van der Waals surface area contributed by atoms with Crippen molar-refractivity contribution < 1.29 is 8.76 Å². The molecule has 0 aliphatic carbocycles. The first kappa shape index (κ1) is 13.5. The predicted octanol–water partition coefficient (Wildman–Crippen LogP) is 1.80. The van der Waals surface area contributed by atoms with E-state index in [0.29, 0.717) is 11.3 Å². The van der Waals surface area contributed by atoms with Gasteiger partial charge in [-0.15, -0.1) is 0 Å². The number of nitrogens with zero attached hydrogens (tertiary/aromatic N) is 1. The van der Waals surface area contributed by atoms with Gasteiger partial charge in [0.2, 0.25) is 5.56 Å². The molecule has 1 unspecified atom stereocenters. The van der Waals surface area contributed by atoms with E-state index in [9.17, 15) is 13.6 Å². The van der Waals surface area contributed by atoms with Crippen molar-refractivity contribution >= 4 is 28.0 Å². The van der Waals surface area contributed by atoms with Crippen LogP contribution in [0, 0.1) is 0 Å². The average molecular weight is 300 g/mol. The lowest BCUT2D eigenvalue weighted by atomic mass is 10.0. The van der Waals surface area contributed by atoms with Gasteiger partial charge in [-0.1, -0.05) is 12.1 Å². The molecule has 2 heterocycles. The molecule has 0 aliphatic heterocycles. The van der Waals surface area contributed by atoms with Crippen LogP contribution in [0.25, 0.3) is 22.2 Å². The second-order valence-corrected chi connectivity index (χ2v) is 5.03. The number of rotatable bonds is 3. The number of fused-ring (bicyclic) bond motifs is 1. The highest BCUT2D eigenvalue weighted by Crippen LogP contribution is 2.27. The topological polar surface area (TPSA) is 97.9 Å². The maximum absolute atomic E-state index is 11.3. The van der Waals surface area contributed by atoms with Crippen molar-refractivity contribution in [2.75, 3.05) is 4.72 Å². The summed E-state index contributed by atoms with van der Waals surface area (Å²) in [4.78, 5) is 18.1. The van der Waals surface area contributed by atoms with Crippen LogP contribution in [-0.4, -0.2) is 18.7 Å². The number of anilines is 1. The normalized spacial score (nSPS) is 12.2. The Hall–Kier alpha value is -2.51. The van der Waals surface area contributed by atoms with Crippen molar-refractivity contribution in [3.8, 4) is 11.1 Å². The van der Waals surface area contributed by atoms with Crippen LogP contribution in [0.4, 0.5) is 5.69 Å². The van der Waals surface area contributed by atoms with Crippen LogP contribution in [0.3, 0.4) is 0 Å². The smallest absolute Gasteiger partial charge is 0.249 e. The van der Waals surface area contributed by atoms with Gasteiger partial charge in [0.15, 0.2) is 0 Å². The number of H-pyrrole nitrogens is 1. The number of aromatic nitrogens is 2. The molecule has 0 fully saturated rings. The molecule has 21 heavy (non-hydrogen) atoms.